The molecule has 0 saturated carbocycles. The van der Waals surface area contributed by atoms with Crippen molar-refractivity contribution in [2.75, 3.05) is 13.7 Å². The summed E-state index contributed by atoms with van der Waals surface area (Å²) in [6.07, 6.45) is 1.81. The first-order valence-corrected chi connectivity index (χ1v) is 13.8. The zero-order valence-corrected chi connectivity index (χ0v) is 23.7. The first kappa shape index (κ1) is 27.1. The predicted octanol–water partition coefficient (Wildman–Crippen LogP) is 4.69. The largest absolute Gasteiger partial charge is 0.493 e. The molecule has 0 spiro atoms. The molecular weight excluding hydrogens is 524 g/mol. The maximum atomic E-state index is 13.8. The van der Waals surface area contributed by atoms with Gasteiger partial charge in [-0.15, -0.1) is 0 Å². The molecule has 0 N–H and O–H groups in total. The number of hydrogen-bond acceptors (Lipinski definition) is 7. The summed E-state index contributed by atoms with van der Waals surface area (Å²) < 4.78 is 19.0. The van der Waals surface area contributed by atoms with Crippen LogP contribution in [0, 0.1) is 6.92 Å². The van der Waals surface area contributed by atoms with Crippen molar-refractivity contribution in [1.29, 1.82) is 0 Å². The number of aryl methyl sites for hydroxylation is 1. The second-order valence-electron chi connectivity index (χ2n) is 9.40. The lowest BCUT2D eigenvalue weighted by Crippen LogP contribution is -2.39. The van der Waals surface area contributed by atoms with Crippen molar-refractivity contribution in [2.45, 2.75) is 33.4 Å². The lowest BCUT2D eigenvalue weighted by Gasteiger charge is -2.24. The molecule has 1 atom stereocenters. The Morgan fingerprint density at radius 1 is 1.02 bits per heavy atom. The molecule has 40 heavy (non-hydrogen) atoms. The third kappa shape index (κ3) is 5.49. The number of ether oxygens (including phenoxy) is 3. The summed E-state index contributed by atoms with van der Waals surface area (Å²) in [5.74, 6) is 0.703. The molecule has 2 heterocycles. The van der Waals surface area contributed by atoms with Gasteiger partial charge in [0.05, 0.1) is 35.6 Å². The zero-order valence-electron chi connectivity index (χ0n) is 22.8. The Kier molecular flexibility index (Phi) is 7.98. The highest BCUT2D eigenvalue weighted by Gasteiger charge is 2.33. The highest BCUT2D eigenvalue weighted by molar-refractivity contribution is 7.07. The molecule has 204 valence electrons. The van der Waals surface area contributed by atoms with Crippen LogP contribution in [0.5, 0.6) is 11.5 Å². The Balaban J connectivity index is 1.55. The third-order valence-electron chi connectivity index (χ3n) is 6.63. The van der Waals surface area contributed by atoms with E-state index in [4.69, 9.17) is 14.2 Å². The van der Waals surface area contributed by atoms with E-state index >= 15 is 0 Å². The number of carbonyl (C=O) groups excluding carboxylic acids is 1. The van der Waals surface area contributed by atoms with Crippen molar-refractivity contribution in [1.82, 2.24) is 4.57 Å². The summed E-state index contributed by atoms with van der Waals surface area (Å²) in [6.45, 7) is 6.18. The number of hydrogen-bond donors (Lipinski definition) is 0. The van der Waals surface area contributed by atoms with Crippen LogP contribution < -0.4 is 24.4 Å². The fraction of sp³-hybridized carbons (Fsp3) is 0.219. The summed E-state index contributed by atoms with van der Waals surface area (Å²) in [5.41, 5.74) is 4.41. The fourth-order valence-electron chi connectivity index (χ4n) is 4.64. The van der Waals surface area contributed by atoms with Crippen LogP contribution in [0.2, 0.25) is 0 Å². The van der Waals surface area contributed by atoms with Gasteiger partial charge in [-0.3, -0.25) is 9.36 Å². The minimum absolute atomic E-state index is 0.230. The first-order valence-electron chi connectivity index (χ1n) is 13.0. The maximum absolute atomic E-state index is 13.8. The van der Waals surface area contributed by atoms with Gasteiger partial charge < -0.3 is 14.2 Å². The van der Waals surface area contributed by atoms with Crippen molar-refractivity contribution in [3.8, 4) is 11.5 Å². The minimum atomic E-state index is -0.638. The van der Waals surface area contributed by atoms with E-state index in [1.165, 1.54) is 11.3 Å². The summed E-state index contributed by atoms with van der Waals surface area (Å²) in [6, 6.07) is 22.6. The smallest absolute Gasteiger partial charge is 0.338 e. The highest BCUT2D eigenvalue weighted by atomic mass is 32.1. The lowest BCUT2D eigenvalue weighted by molar-refractivity contribution is -0.139. The van der Waals surface area contributed by atoms with E-state index in [9.17, 15) is 9.59 Å². The molecule has 0 aliphatic carbocycles. The molecule has 0 radical (unpaired) electrons. The predicted molar refractivity (Wildman–Crippen MR) is 155 cm³/mol. The number of methoxy groups -OCH3 is 1. The Morgan fingerprint density at radius 2 is 1.77 bits per heavy atom. The molecular formula is C32H30N2O5S. The molecule has 0 unspecified atom stereocenters. The maximum Gasteiger partial charge on any atom is 0.338 e. The van der Waals surface area contributed by atoms with Gasteiger partial charge >= 0.3 is 5.97 Å². The van der Waals surface area contributed by atoms with E-state index in [0.29, 0.717) is 38.7 Å². The quantitative estimate of drug-likeness (QED) is 0.295. The molecule has 0 fully saturated rings. The molecule has 7 nitrogen and oxygen atoms in total. The van der Waals surface area contributed by atoms with E-state index < -0.39 is 12.0 Å². The normalized spacial score (nSPS) is 14.9. The van der Waals surface area contributed by atoms with E-state index in [1.807, 2.05) is 85.8 Å². The van der Waals surface area contributed by atoms with Crippen molar-refractivity contribution in [3.05, 3.63) is 126 Å². The number of esters is 1. The molecule has 5 rings (SSSR count). The molecule has 0 bridgehead atoms. The summed E-state index contributed by atoms with van der Waals surface area (Å²) in [7, 11) is 1.59. The Bertz CT molecular complexity index is 1750. The summed E-state index contributed by atoms with van der Waals surface area (Å²) >= 11 is 1.28. The number of rotatable bonds is 8. The number of nitrogens with zero attached hydrogens (tertiary/aromatic N) is 2. The average Bonchev–Trinajstić information content (AvgIpc) is 3.26. The molecule has 1 aliphatic rings. The molecule has 4 aromatic rings. The van der Waals surface area contributed by atoms with Crippen LogP contribution in [0.4, 0.5) is 0 Å². The van der Waals surface area contributed by atoms with Crippen LogP contribution in [-0.2, 0) is 16.1 Å². The number of benzene rings is 3. The van der Waals surface area contributed by atoms with Gasteiger partial charge in [0.25, 0.3) is 5.56 Å². The van der Waals surface area contributed by atoms with Crippen molar-refractivity contribution in [3.63, 3.8) is 0 Å². The van der Waals surface area contributed by atoms with E-state index in [1.54, 1.807) is 25.5 Å². The van der Waals surface area contributed by atoms with Crippen LogP contribution in [0.1, 0.15) is 42.1 Å². The zero-order chi connectivity index (χ0) is 28.2. The first-order chi connectivity index (χ1) is 19.4. The van der Waals surface area contributed by atoms with Gasteiger partial charge in [0.1, 0.15) is 6.61 Å². The van der Waals surface area contributed by atoms with Crippen molar-refractivity contribution >= 4 is 23.4 Å². The minimum Gasteiger partial charge on any atom is -0.493 e. The number of carbonyl (C=O) groups is 1. The fourth-order valence-corrected chi connectivity index (χ4v) is 5.68. The van der Waals surface area contributed by atoms with Crippen LogP contribution in [0.25, 0.3) is 6.08 Å². The van der Waals surface area contributed by atoms with Gasteiger partial charge in [0.15, 0.2) is 16.3 Å². The lowest BCUT2D eigenvalue weighted by atomic mass is 9.95. The summed E-state index contributed by atoms with van der Waals surface area (Å²) in [4.78, 5) is 32.0. The summed E-state index contributed by atoms with van der Waals surface area (Å²) in [5, 5.41) is 0. The molecule has 1 aliphatic heterocycles. The van der Waals surface area contributed by atoms with Crippen molar-refractivity contribution < 1.29 is 19.0 Å². The average molecular weight is 555 g/mol. The standard InChI is InChI=1S/C32H30N2O5S/c1-5-38-31(36)28-21(3)33-32-34(29(28)24-14-11-20(2)12-15-24)30(35)27(40-32)18-23-13-16-25(26(17-23)37-4)39-19-22-9-7-6-8-10-22/h6-18,29H,5,19H2,1-4H3/b27-18-/t29-/m1/s1. The molecule has 0 amide bonds. The van der Waals surface area contributed by atoms with Crippen molar-refractivity contribution in [2.24, 2.45) is 4.99 Å². The molecule has 3 aromatic carbocycles. The SMILES string of the molecule is CCOC(=O)C1=C(C)N=c2s/c(=C\c3ccc(OCc4ccccc4)c(OC)c3)c(=O)n2[C@@H]1c1ccc(C)cc1. The van der Waals surface area contributed by atoms with E-state index in [0.717, 1.165) is 22.3 Å². The van der Waals surface area contributed by atoms with Crippen LogP contribution in [0.15, 0.2) is 93.9 Å². The van der Waals surface area contributed by atoms with Crippen LogP contribution in [-0.4, -0.2) is 24.3 Å². The van der Waals surface area contributed by atoms with Crippen LogP contribution in [0.3, 0.4) is 0 Å². The number of fused-ring (bicyclic) bond motifs is 1. The Labute approximate surface area is 236 Å². The van der Waals surface area contributed by atoms with Gasteiger partial charge in [0.2, 0.25) is 0 Å². The monoisotopic (exact) mass is 554 g/mol. The second kappa shape index (κ2) is 11.8. The van der Waals surface area contributed by atoms with Gasteiger partial charge in [-0.25, -0.2) is 9.79 Å². The number of thiazole rings is 1. The van der Waals surface area contributed by atoms with Gasteiger partial charge in [0, 0.05) is 0 Å². The molecule has 1 aromatic heterocycles. The van der Waals surface area contributed by atoms with E-state index in [2.05, 4.69) is 4.99 Å². The number of aromatic nitrogens is 1. The molecule has 8 heteroatoms. The van der Waals surface area contributed by atoms with Gasteiger partial charge in [-0.1, -0.05) is 77.6 Å². The van der Waals surface area contributed by atoms with Gasteiger partial charge in [-0.05, 0) is 55.7 Å². The Hall–Kier alpha value is -4.43. The van der Waals surface area contributed by atoms with Gasteiger partial charge in [-0.2, -0.15) is 0 Å². The topological polar surface area (TPSA) is 79.1 Å². The molecule has 0 saturated heterocycles. The third-order valence-corrected chi connectivity index (χ3v) is 7.62. The number of allylic oxidation sites excluding steroid dienone is 1. The Morgan fingerprint density at radius 3 is 2.48 bits per heavy atom. The van der Waals surface area contributed by atoms with Crippen LogP contribution >= 0.6 is 11.3 Å². The highest BCUT2D eigenvalue weighted by Crippen LogP contribution is 2.31. The second-order valence-corrected chi connectivity index (χ2v) is 10.4. The van der Waals surface area contributed by atoms with E-state index in [-0.39, 0.29) is 12.2 Å².